The summed E-state index contributed by atoms with van der Waals surface area (Å²) in [6.07, 6.45) is 5.55. The Kier molecular flexibility index (Phi) is 3.37. The molecule has 2 atom stereocenters. The van der Waals surface area contributed by atoms with Crippen LogP contribution in [0.4, 0.5) is 0 Å². The summed E-state index contributed by atoms with van der Waals surface area (Å²) in [6.45, 7) is 10.9. The van der Waals surface area contributed by atoms with Gasteiger partial charge in [-0.3, -0.25) is 0 Å². The molecule has 1 aliphatic carbocycles. The van der Waals surface area contributed by atoms with Crippen molar-refractivity contribution in [1.82, 2.24) is 0 Å². The molecule has 0 saturated heterocycles. The third-order valence-electron chi connectivity index (χ3n) is 2.91. The second-order valence-electron chi connectivity index (χ2n) is 4.94. The number of hydrogen-bond donors (Lipinski definition) is 0. The Balaban J connectivity index is 2.38. The molecule has 1 aliphatic rings. The molecule has 0 amide bonds. The lowest BCUT2D eigenvalue weighted by molar-refractivity contribution is 0.218. The van der Waals surface area contributed by atoms with Gasteiger partial charge in [0.15, 0.2) is 0 Å². The highest BCUT2D eigenvalue weighted by Crippen LogP contribution is 2.35. The summed E-state index contributed by atoms with van der Waals surface area (Å²) in [5.74, 6) is 2.82. The molecule has 0 aromatic heterocycles. The van der Waals surface area contributed by atoms with E-state index in [1.807, 2.05) is 0 Å². The Morgan fingerprint density at radius 2 is 1.67 bits per heavy atom. The highest BCUT2D eigenvalue weighted by Gasteiger charge is 2.23. The molecule has 0 aromatic rings. The van der Waals surface area contributed by atoms with E-state index < -0.39 is 0 Å². The van der Waals surface area contributed by atoms with E-state index in [0.29, 0.717) is 0 Å². The molecule has 0 aliphatic heterocycles. The van der Waals surface area contributed by atoms with Crippen LogP contribution < -0.4 is 0 Å². The molecule has 70 valence electrons. The van der Waals surface area contributed by atoms with E-state index >= 15 is 0 Å². The van der Waals surface area contributed by atoms with Crippen LogP contribution in [0.3, 0.4) is 0 Å². The minimum Gasteiger partial charge on any atom is -0.100 e. The van der Waals surface area contributed by atoms with Crippen molar-refractivity contribution in [2.75, 3.05) is 0 Å². The van der Waals surface area contributed by atoms with Gasteiger partial charge in [0.2, 0.25) is 0 Å². The average Bonchev–Trinajstić information content (AvgIpc) is 1.81. The highest BCUT2D eigenvalue weighted by molar-refractivity contribution is 4.92. The zero-order chi connectivity index (χ0) is 9.14. The Bertz CT molecular complexity index is 147. The molecule has 1 saturated carbocycles. The van der Waals surface area contributed by atoms with Gasteiger partial charge in [0.05, 0.1) is 0 Å². The topological polar surface area (TPSA) is 0 Å². The fourth-order valence-electron chi connectivity index (χ4n) is 2.77. The molecule has 1 fully saturated rings. The summed E-state index contributed by atoms with van der Waals surface area (Å²) < 4.78 is 0. The van der Waals surface area contributed by atoms with Gasteiger partial charge in [0.25, 0.3) is 0 Å². The zero-order valence-corrected chi connectivity index (χ0v) is 8.77. The molecule has 0 heteroatoms. The van der Waals surface area contributed by atoms with Crippen molar-refractivity contribution < 1.29 is 0 Å². The first-order valence-corrected chi connectivity index (χ1v) is 5.22. The average molecular weight is 166 g/mol. The summed E-state index contributed by atoms with van der Waals surface area (Å²) in [4.78, 5) is 0. The van der Waals surface area contributed by atoms with Gasteiger partial charge in [0, 0.05) is 0 Å². The summed E-state index contributed by atoms with van der Waals surface area (Å²) >= 11 is 0. The van der Waals surface area contributed by atoms with Crippen LogP contribution >= 0.6 is 0 Å². The summed E-state index contributed by atoms with van der Waals surface area (Å²) in [5.41, 5.74) is 1.36. The van der Waals surface area contributed by atoms with Crippen LogP contribution in [0.25, 0.3) is 0 Å². The molecule has 12 heavy (non-hydrogen) atoms. The van der Waals surface area contributed by atoms with Gasteiger partial charge < -0.3 is 0 Å². The van der Waals surface area contributed by atoms with Crippen molar-refractivity contribution in [3.05, 3.63) is 12.2 Å². The fraction of sp³-hybridized carbons (Fsp3) is 0.833. The Labute approximate surface area is 77.1 Å². The van der Waals surface area contributed by atoms with Crippen LogP contribution in [0.1, 0.15) is 46.5 Å². The van der Waals surface area contributed by atoms with Gasteiger partial charge >= 0.3 is 0 Å². The molecule has 0 nitrogen and oxygen atoms in total. The van der Waals surface area contributed by atoms with E-state index in [1.165, 1.54) is 31.3 Å². The van der Waals surface area contributed by atoms with Crippen LogP contribution in [0, 0.1) is 17.8 Å². The first-order valence-electron chi connectivity index (χ1n) is 5.22. The van der Waals surface area contributed by atoms with Gasteiger partial charge in [-0.2, -0.15) is 0 Å². The van der Waals surface area contributed by atoms with Crippen molar-refractivity contribution in [1.29, 1.82) is 0 Å². The van der Waals surface area contributed by atoms with E-state index in [0.717, 1.165) is 17.8 Å². The van der Waals surface area contributed by atoms with Crippen molar-refractivity contribution in [2.24, 2.45) is 17.8 Å². The van der Waals surface area contributed by atoms with E-state index in [-0.39, 0.29) is 0 Å². The van der Waals surface area contributed by atoms with Crippen molar-refractivity contribution in [3.63, 3.8) is 0 Å². The molecule has 0 spiro atoms. The SMILES string of the molecule is C=C(C)CC1CC(C)CC(C)C1. The first kappa shape index (κ1) is 9.83. The van der Waals surface area contributed by atoms with Crippen molar-refractivity contribution >= 4 is 0 Å². The summed E-state index contributed by atoms with van der Waals surface area (Å²) in [6, 6.07) is 0. The Hall–Kier alpha value is -0.260. The standard InChI is InChI=1S/C12H22/c1-9(2)5-12-7-10(3)6-11(4)8-12/h10-12H,1,5-8H2,2-4H3. The third-order valence-corrected chi connectivity index (χ3v) is 2.91. The molecule has 1 rings (SSSR count). The second kappa shape index (κ2) is 4.11. The lowest BCUT2D eigenvalue weighted by Gasteiger charge is -2.31. The van der Waals surface area contributed by atoms with Crippen LogP contribution in [0.2, 0.25) is 0 Å². The van der Waals surface area contributed by atoms with Crippen molar-refractivity contribution in [3.8, 4) is 0 Å². The molecule has 0 aromatic carbocycles. The summed E-state index contributed by atoms with van der Waals surface area (Å²) in [7, 11) is 0. The predicted octanol–water partition coefficient (Wildman–Crippen LogP) is 4.02. The number of hydrogen-bond acceptors (Lipinski definition) is 0. The molecule has 0 N–H and O–H groups in total. The van der Waals surface area contributed by atoms with Gasteiger partial charge in [-0.25, -0.2) is 0 Å². The predicted molar refractivity (Wildman–Crippen MR) is 55.1 cm³/mol. The maximum absolute atomic E-state index is 4.00. The lowest BCUT2D eigenvalue weighted by atomic mass is 9.75. The number of allylic oxidation sites excluding steroid dienone is 1. The third kappa shape index (κ3) is 3.00. The van der Waals surface area contributed by atoms with Crippen LogP contribution in [-0.2, 0) is 0 Å². The van der Waals surface area contributed by atoms with Gasteiger partial charge in [0.1, 0.15) is 0 Å². The number of rotatable bonds is 2. The quantitative estimate of drug-likeness (QED) is 0.543. The zero-order valence-electron chi connectivity index (χ0n) is 8.77. The van der Waals surface area contributed by atoms with E-state index in [1.54, 1.807) is 0 Å². The Morgan fingerprint density at radius 3 is 2.08 bits per heavy atom. The highest BCUT2D eigenvalue weighted by atomic mass is 14.3. The van der Waals surface area contributed by atoms with Gasteiger partial charge in [-0.05, 0) is 50.4 Å². The van der Waals surface area contributed by atoms with Crippen LogP contribution in [0.15, 0.2) is 12.2 Å². The fourth-order valence-corrected chi connectivity index (χ4v) is 2.77. The van der Waals surface area contributed by atoms with Crippen molar-refractivity contribution in [2.45, 2.75) is 46.5 Å². The monoisotopic (exact) mass is 166 g/mol. The molecule has 0 radical (unpaired) electrons. The Morgan fingerprint density at radius 1 is 1.17 bits per heavy atom. The maximum atomic E-state index is 4.00. The molecule has 0 bridgehead atoms. The lowest BCUT2D eigenvalue weighted by Crippen LogP contribution is -2.19. The van der Waals surface area contributed by atoms with E-state index in [9.17, 15) is 0 Å². The molecule has 2 unspecified atom stereocenters. The molecule has 0 heterocycles. The second-order valence-corrected chi connectivity index (χ2v) is 4.94. The smallest absolute Gasteiger partial charge is 0.0297 e. The summed E-state index contributed by atoms with van der Waals surface area (Å²) in [5, 5.41) is 0. The molecular weight excluding hydrogens is 144 g/mol. The van der Waals surface area contributed by atoms with E-state index in [4.69, 9.17) is 0 Å². The first-order chi connectivity index (χ1) is 5.58. The minimum atomic E-state index is 0.932. The normalized spacial score (nSPS) is 36.4. The minimum absolute atomic E-state index is 0.932. The van der Waals surface area contributed by atoms with Crippen LogP contribution in [-0.4, -0.2) is 0 Å². The van der Waals surface area contributed by atoms with Gasteiger partial charge in [-0.15, -0.1) is 6.58 Å². The largest absolute Gasteiger partial charge is 0.100 e. The molecular formula is C12H22. The van der Waals surface area contributed by atoms with Crippen LogP contribution in [0.5, 0.6) is 0 Å². The van der Waals surface area contributed by atoms with E-state index in [2.05, 4.69) is 27.4 Å². The maximum Gasteiger partial charge on any atom is -0.0297 e. The van der Waals surface area contributed by atoms with Gasteiger partial charge in [-0.1, -0.05) is 19.4 Å².